The van der Waals surface area contributed by atoms with Crippen LogP contribution in [-0.2, 0) is 0 Å². The first-order chi connectivity index (χ1) is 5.83. The third-order valence-corrected chi connectivity index (χ3v) is 2.35. The number of hydrogen-bond donors (Lipinski definition) is 2. The van der Waals surface area contributed by atoms with E-state index in [1.807, 2.05) is 6.08 Å². The zero-order valence-corrected chi connectivity index (χ0v) is 7.50. The average molecular weight is 170 g/mol. The molecule has 12 heavy (non-hydrogen) atoms. The fourth-order valence-electron chi connectivity index (χ4n) is 1.66. The van der Waals surface area contributed by atoms with E-state index in [1.54, 1.807) is 0 Å². The topological polar surface area (TPSA) is 40.5 Å². The molecule has 1 aliphatic rings. The second-order valence-electron chi connectivity index (χ2n) is 3.47. The summed E-state index contributed by atoms with van der Waals surface area (Å²) < 4.78 is 0. The Bertz CT molecular complexity index is 144. The summed E-state index contributed by atoms with van der Waals surface area (Å²) in [4.78, 5) is 0. The molecule has 0 bridgehead atoms. The quantitative estimate of drug-likeness (QED) is 0.632. The molecule has 1 aliphatic carbocycles. The normalized spacial score (nSPS) is 20.7. The van der Waals surface area contributed by atoms with Crippen LogP contribution in [0.5, 0.6) is 0 Å². The van der Waals surface area contributed by atoms with Gasteiger partial charge in [-0.15, -0.1) is 0 Å². The van der Waals surface area contributed by atoms with Gasteiger partial charge in [0, 0.05) is 6.61 Å². The van der Waals surface area contributed by atoms with Crippen LogP contribution >= 0.6 is 0 Å². The molecule has 1 fully saturated rings. The van der Waals surface area contributed by atoms with Crippen molar-refractivity contribution in [1.29, 1.82) is 0 Å². The van der Waals surface area contributed by atoms with Gasteiger partial charge < -0.3 is 10.2 Å². The van der Waals surface area contributed by atoms with Gasteiger partial charge in [-0.05, 0) is 32.1 Å². The lowest BCUT2D eigenvalue weighted by molar-refractivity contribution is 0.169. The summed E-state index contributed by atoms with van der Waals surface area (Å²) in [5, 5.41) is 17.9. The molecule has 0 heterocycles. The minimum atomic E-state index is -0.428. The number of allylic oxidation sites excluding steroid dienone is 1. The maximum absolute atomic E-state index is 9.37. The standard InChI is InChI=1S/C10H18O2/c11-7-6-10(12)8-9-4-2-1-3-5-9/h8,10-12H,1-7H2. The molecule has 1 atom stereocenters. The number of aliphatic hydroxyl groups excluding tert-OH is 2. The largest absolute Gasteiger partial charge is 0.396 e. The van der Waals surface area contributed by atoms with E-state index in [9.17, 15) is 5.11 Å². The Morgan fingerprint density at radius 2 is 1.92 bits per heavy atom. The fourth-order valence-corrected chi connectivity index (χ4v) is 1.66. The van der Waals surface area contributed by atoms with E-state index in [4.69, 9.17) is 5.11 Å². The Morgan fingerprint density at radius 3 is 2.50 bits per heavy atom. The lowest BCUT2D eigenvalue weighted by Gasteiger charge is -2.15. The van der Waals surface area contributed by atoms with Crippen LogP contribution in [0.2, 0.25) is 0 Å². The minimum Gasteiger partial charge on any atom is -0.396 e. The molecule has 1 rings (SSSR count). The van der Waals surface area contributed by atoms with Crippen molar-refractivity contribution in [3.63, 3.8) is 0 Å². The van der Waals surface area contributed by atoms with Gasteiger partial charge in [0.25, 0.3) is 0 Å². The summed E-state index contributed by atoms with van der Waals surface area (Å²) in [5.41, 5.74) is 1.38. The fraction of sp³-hybridized carbons (Fsp3) is 0.800. The van der Waals surface area contributed by atoms with Gasteiger partial charge in [-0.3, -0.25) is 0 Å². The minimum absolute atomic E-state index is 0.0744. The molecule has 0 aliphatic heterocycles. The van der Waals surface area contributed by atoms with E-state index in [0.717, 1.165) is 12.8 Å². The van der Waals surface area contributed by atoms with Gasteiger partial charge in [-0.1, -0.05) is 18.1 Å². The molecule has 0 spiro atoms. The maximum Gasteiger partial charge on any atom is 0.0745 e. The molecule has 70 valence electrons. The van der Waals surface area contributed by atoms with Crippen LogP contribution in [0.15, 0.2) is 11.6 Å². The second-order valence-corrected chi connectivity index (χ2v) is 3.47. The third-order valence-electron chi connectivity index (χ3n) is 2.35. The van der Waals surface area contributed by atoms with Crippen molar-refractivity contribution in [3.8, 4) is 0 Å². The highest BCUT2D eigenvalue weighted by Gasteiger charge is 2.07. The lowest BCUT2D eigenvalue weighted by atomic mass is 9.93. The summed E-state index contributed by atoms with van der Waals surface area (Å²) in [7, 11) is 0. The van der Waals surface area contributed by atoms with Crippen molar-refractivity contribution in [3.05, 3.63) is 11.6 Å². The maximum atomic E-state index is 9.37. The van der Waals surface area contributed by atoms with Crippen molar-refractivity contribution >= 4 is 0 Å². The van der Waals surface area contributed by atoms with Crippen LogP contribution in [0.25, 0.3) is 0 Å². The van der Waals surface area contributed by atoms with Crippen molar-refractivity contribution < 1.29 is 10.2 Å². The molecular weight excluding hydrogens is 152 g/mol. The molecule has 0 amide bonds. The zero-order chi connectivity index (χ0) is 8.81. The van der Waals surface area contributed by atoms with Crippen LogP contribution in [0.4, 0.5) is 0 Å². The SMILES string of the molecule is OCCC(O)C=C1CCCCC1. The van der Waals surface area contributed by atoms with Crippen LogP contribution in [-0.4, -0.2) is 22.9 Å². The van der Waals surface area contributed by atoms with Crippen molar-refractivity contribution in [2.45, 2.75) is 44.6 Å². The monoisotopic (exact) mass is 170 g/mol. The highest BCUT2D eigenvalue weighted by molar-refractivity contribution is 5.06. The predicted molar refractivity (Wildman–Crippen MR) is 48.9 cm³/mol. The number of aliphatic hydroxyl groups is 2. The third kappa shape index (κ3) is 3.37. The lowest BCUT2D eigenvalue weighted by Crippen LogP contribution is -2.07. The van der Waals surface area contributed by atoms with Crippen molar-refractivity contribution in [1.82, 2.24) is 0 Å². The van der Waals surface area contributed by atoms with Crippen molar-refractivity contribution in [2.75, 3.05) is 6.61 Å². The Balaban J connectivity index is 2.32. The molecule has 0 radical (unpaired) electrons. The molecule has 0 aromatic rings. The molecular formula is C10H18O2. The van der Waals surface area contributed by atoms with Gasteiger partial charge in [-0.2, -0.15) is 0 Å². The Kier molecular flexibility index (Phi) is 4.33. The zero-order valence-electron chi connectivity index (χ0n) is 7.50. The molecule has 2 N–H and O–H groups in total. The van der Waals surface area contributed by atoms with E-state index >= 15 is 0 Å². The van der Waals surface area contributed by atoms with Crippen LogP contribution in [0.1, 0.15) is 38.5 Å². The van der Waals surface area contributed by atoms with Crippen molar-refractivity contribution in [2.24, 2.45) is 0 Å². The smallest absolute Gasteiger partial charge is 0.0745 e. The molecule has 1 unspecified atom stereocenters. The average Bonchev–Trinajstić information content (AvgIpc) is 2.06. The molecule has 0 aromatic heterocycles. The summed E-state index contributed by atoms with van der Waals surface area (Å²) in [6.07, 6.45) is 8.11. The van der Waals surface area contributed by atoms with E-state index in [0.29, 0.717) is 6.42 Å². The Morgan fingerprint density at radius 1 is 1.25 bits per heavy atom. The molecule has 2 nitrogen and oxygen atoms in total. The van der Waals surface area contributed by atoms with Crippen LogP contribution < -0.4 is 0 Å². The van der Waals surface area contributed by atoms with Gasteiger partial charge >= 0.3 is 0 Å². The molecule has 2 heteroatoms. The molecule has 0 saturated heterocycles. The number of hydrogen-bond acceptors (Lipinski definition) is 2. The second kappa shape index (κ2) is 5.33. The van der Waals surface area contributed by atoms with Gasteiger partial charge in [0.1, 0.15) is 0 Å². The summed E-state index contributed by atoms with van der Waals surface area (Å²) in [6.45, 7) is 0.0744. The van der Waals surface area contributed by atoms with E-state index in [2.05, 4.69) is 0 Å². The molecule has 0 aromatic carbocycles. The number of rotatable bonds is 3. The van der Waals surface area contributed by atoms with Crippen LogP contribution in [0.3, 0.4) is 0 Å². The van der Waals surface area contributed by atoms with Crippen LogP contribution in [0, 0.1) is 0 Å². The van der Waals surface area contributed by atoms with E-state index in [-0.39, 0.29) is 6.61 Å². The first-order valence-corrected chi connectivity index (χ1v) is 4.81. The summed E-state index contributed by atoms with van der Waals surface area (Å²) >= 11 is 0. The first kappa shape index (κ1) is 9.75. The summed E-state index contributed by atoms with van der Waals surface area (Å²) in [5.74, 6) is 0. The Hall–Kier alpha value is -0.340. The van der Waals surface area contributed by atoms with Gasteiger partial charge in [-0.25, -0.2) is 0 Å². The van der Waals surface area contributed by atoms with Gasteiger partial charge in [0.2, 0.25) is 0 Å². The predicted octanol–water partition coefficient (Wildman–Crippen LogP) is 1.62. The van der Waals surface area contributed by atoms with E-state index in [1.165, 1.54) is 24.8 Å². The van der Waals surface area contributed by atoms with Gasteiger partial charge in [0.15, 0.2) is 0 Å². The molecule has 1 saturated carbocycles. The Labute approximate surface area is 73.9 Å². The van der Waals surface area contributed by atoms with E-state index < -0.39 is 6.10 Å². The highest BCUT2D eigenvalue weighted by atomic mass is 16.3. The van der Waals surface area contributed by atoms with Gasteiger partial charge in [0.05, 0.1) is 6.10 Å². The first-order valence-electron chi connectivity index (χ1n) is 4.81. The summed E-state index contributed by atoms with van der Waals surface area (Å²) in [6, 6.07) is 0. The highest BCUT2D eigenvalue weighted by Crippen LogP contribution is 2.23.